The van der Waals surface area contributed by atoms with Crippen LogP contribution in [0.2, 0.25) is 0 Å². The molecule has 26 heavy (non-hydrogen) atoms. The minimum atomic E-state index is -3.37. The number of sulfone groups is 1. The molecule has 0 unspecified atom stereocenters. The van der Waals surface area contributed by atoms with Gasteiger partial charge in [-0.3, -0.25) is 4.99 Å². The Bertz CT molecular complexity index is 900. The summed E-state index contributed by atoms with van der Waals surface area (Å²) in [5, 5.41) is 0. The first-order valence-corrected chi connectivity index (χ1v) is 10.9. The lowest BCUT2D eigenvalue weighted by molar-refractivity contribution is 0.302. The smallest absolute Gasteiger partial charge is 0.183 e. The highest BCUT2D eigenvalue weighted by Crippen LogP contribution is 2.30. The van der Waals surface area contributed by atoms with Crippen molar-refractivity contribution in [2.45, 2.75) is 30.9 Å². The Morgan fingerprint density at radius 1 is 0.962 bits per heavy atom. The predicted molar refractivity (Wildman–Crippen MR) is 107 cm³/mol. The van der Waals surface area contributed by atoms with E-state index in [0.29, 0.717) is 11.4 Å². The number of fused-ring (bicyclic) bond motifs is 2. The van der Waals surface area contributed by atoms with Crippen LogP contribution < -0.4 is 0 Å². The number of hydrogen-bond donors (Lipinski definition) is 0. The van der Waals surface area contributed by atoms with Crippen molar-refractivity contribution in [3.05, 3.63) is 65.2 Å². The monoisotopic (exact) mass is 370 g/mol. The highest BCUT2D eigenvalue weighted by atomic mass is 32.2. The molecule has 0 aliphatic carbocycles. The zero-order chi connectivity index (χ0) is 18.6. The molecule has 0 amide bonds. The standard InChI is InChI=1S/C21H26N2O2S/c1-3-23(4-2)15-9-14-22-21-18-11-6-5-10-17(18)16-26(24,25)20-13-8-7-12-19(20)21/h5-8,10-13H,3-4,9,14-16H2,1-2H3. The Morgan fingerprint density at radius 3 is 2.35 bits per heavy atom. The second-order valence-electron chi connectivity index (χ2n) is 6.52. The van der Waals surface area contributed by atoms with Crippen LogP contribution in [0, 0.1) is 0 Å². The molecule has 0 saturated carbocycles. The van der Waals surface area contributed by atoms with Crippen molar-refractivity contribution in [3.8, 4) is 0 Å². The van der Waals surface area contributed by atoms with Gasteiger partial charge in [-0.25, -0.2) is 8.42 Å². The summed E-state index contributed by atoms with van der Waals surface area (Å²) in [7, 11) is -3.37. The van der Waals surface area contributed by atoms with Gasteiger partial charge in [-0.05, 0) is 37.7 Å². The second-order valence-corrected chi connectivity index (χ2v) is 8.48. The molecule has 0 bridgehead atoms. The minimum Gasteiger partial charge on any atom is -0.304 e. The van der Waals surface area contributed by atoms with E-state index in [4.69, 9.17) is 4.99 Å². The van der Waals surface area contributed by atoms with E-state index < -0.39 is 9.84 Å². The zero-order valence-electron chi connectivity index (χ0n) is 15.5. The average molecular weight is 371 g/mol. The molecule has 5 heteroatoms. The van der Waals surface area contributed by atoms with Crippen molar-refractivity contribution in [2.24, 2.45) is 4.99 Å². The summed E-state index contributed by atoms with van der Waals surface area (Å²) in [6, 6.07) is 15.0. The number of rotatable bonds is 6. The van der Waals surface area contributed by atoms with Gasteiger partial charge in [0.25, 0.3) is 0 Å². The predicted octanol–water partition coefficient (Wildman–Crippen LogP) is 3.54. The fraction of sp³-hybridized carbons (Fsp3) is 0.381. The summed E-state index contributed by atoms with van der Waals surface area (Å²) in [6.45, 7) is 8.10. The fourth-order valence-corrected chi connectivity index (χ4v) is 5.04. The first kappa shape index (κ1) is 18.8. The van der Waals surface area contributed by atoms with Crippen molar-refractivity contribution < 1.29 is 8.42 Å². The lowest BCUT2D eigenvalue weighted by Crippen LogP contribution is -2.24. The summed E-state index contributed by atoms with van der Waals surface area (Å²) in [4.78, 5) is 7.62. The molecular weight excluding hydrogens is 344 g/mol. The molecule has 1 aliphatic heterocycles. The van der Waals surface area contributed by atoms with Crippen LogP contribution in [0.25, 0.3) is 0 Å². The topological polar surface area (TPSA) is 49.7 Å². The molecule has 0 fully saturated rings. The molecule has 2 aromatic carbocycles. The largest absolute Gasteiger partial charge is 0.304 e. The van der Waals surface area contributed by atoms with Crippen LogP contribution in [0.5, 0.6) is 0 Å². The maximum atomic E-state index is 12.8. The van der Waals surface area contributed by atoms with E-state index in [1.54, 1.807) is 12.1 Å². The summed E-state index contributed by atoms with van der Waals surface area (Å²) in [6.07, 6.45) is 0.961. The summed E-state index contributed by atoms with van der Waals surface area (Å²) < 4.78 is 25.7. The van der Waals surface area contributed by atoms with Crippen LogP contribution >= 0.6 is 0 Å². The van der Waals surface area contributed by atoms with Gasteiger partial charge in [-0.15, -0.1) is 0 Å². The van der Waals surface area contributed by atoms with Crippen LogP contribution in [0.3, 0.4) is 0 Å². The van der Waals surface area contributed by atoms with Gasteiger partial charge in [0.1, 0.15) is 0 Å². The highest BCUT2D eigenvalue weighted by Gasteiger charge is 2.28. The maximum Gasteiger partial charge on any atom is 0.183 e. The SMILES string of the molecule is CCN(CC)CCCN=C1c2ccccc2CS(=O)(=O)c2ccccc21. The molecule has 0 N–H and O–H groups in total. The van der Waals surface area contributed by atoms with Crippen LogP contribution in [0.4, 0.5) is 0 Å². The molecule has 0 saturated heterocycles. The third-order valence-electron chi connectivity index (χ3n) is 4.89. The molecule has 2 aromatic rings. The van der Waals surface area contributed by atoms with Gasteiger partial charge in [0.2, 0.25) is 0 Å². The Hall–Kier alpha value is -1.98. The summed E-state index contributed by atoms with van der Waals surface area (Å²) in [5.41, 5.74) is 3.28. The molecule has 0 atom stereocenters. The molecule has 0 aromatic heterocycles. The van der Waals surface area contributed by atoms with Crippen molar-refractivity contribution in [3.63, 3.8) is 0 Å². The quantitative estimate of drug-likeness (QED) is 0.731. The highest BCUT2D eigenvalue weighted by molar-refractivity contribution is 7.90. The van der Waals surface area contributed by atoms with Gasteiger partial charge >= 0.3 is 0 Å². The molecule has 138 valence electrons. The fourth-order valence-electron chi connectivity index (χ4n) is 3.43. The normalized spacial score (nSPS) is 17.0. The number of hydrogen-bond acceptors (Lipinski definition) is 4. The zero-order valence-corrected chi connectivity index (χ0v) is 16.3. The maximum absolute atomic E-state index is 12.8. The first-order chi connectivity index (χ1) is 12.6. The Kier molecular flexibility index (Phi) is 5.89. The number of aliphatic imine (C=N–C) groups is 1. The van der Waals surface area contributed by atoms with Crippen LogP contribution in [-0.4, -0.2) is 45.2 Å². The van der Waals surface area contributed by atoms with Crippen LogP contribution in [0.1, 0.15) is 37.0 Å². The second kappa shape index (κ2) is 8.14. The molecule has 4 nitrogen and oxygen atoms in total. The van der Waals surface area contributed by atoms with E-state index >= 15 is 0 Å². The van der Waals surface area contributed by atoms with Gasteiger partial charge < -0.3 is 4.90 Å². The first-order valence-electron chi connectivity index (χ1n) is 9.24. The Morgan fingerprint density at radius 2 is 1.62 bits per heavy atom. The molecule has 1 heterocycles. The number of nitrogens with zero attached hydrogens (tertiary/aromatic N) is 2. The van der Waals surface area contributed by atoms with Gasteiger partial charge in [0.15, 0.2) is 9.84 Å². The summed E-state index contributed by atoms with van der Waals surface area (Å²) in [5.74, 6) is 0.0264. The number of benzene rings is 2. The van der Waals surface area contributed by atoms with E-state index in [9.17, 15) is 8.42 Å². The van der Waals surface area contributed by atoms with E-state index in [0.717, 1.165) is 48.5 Å². The van der Waals surface area contributed by atoms with Crippen molar-refractivity contribution in [1.29, 1.82) is 0 Å². The third kappa shape index (κ3) is 3.89. The van der Waals surface area contributed by atoms with Crippen molar-refractivity contribution in [2.75, 3.05) is 26.2 Å². The van der Waals surface area contributed by atoms with Gasteiger partial charge in [-0.1, -0.05) is 56.3 Å². The van der Waals surface area contributed by atoms with Gasteiger partial charge in [0, 0.05) is 17.7 Å². The average Bonchev–Trinajstić information content (AvgIpc) is 2.74. The molecule has 3 rings (SSSR count). The van der Waals surface area contributed by atoms with E-state index in [1.807, 2.05) is 36.4 Å². The van der Waals surface area contributed by atoms with Crippen LogP contribution in [-0.2, 0) is 15.6 Å². The lowest BCUT2D eigenvalue weighted by Gasteiger charge is -2.17. The Labute approximate surface area is 156 Å². The van der Waals surface area contributed by atoms with E-state index in [2.05, 4.69) is 18.7 Å². The van der Waals surface area contributed by atoms with E-state index in [-0.39, 0.29) is 5.75 Å². The van der Waals surface area contributed by atoms with Crippen molar-refractivity contribution >= 4 is 15.5 Å². The molecule has 0 spiro atoms. The van der Waals surface area contributed by atoms with E-state index in [1.165, 1.54) is 0 Å². The van der Waals surface area contributed by atoms with Crippen molar-refractivity contribution in [1.82, 2.24) is 4.90 Å². The molecule has 1 aliphatic rings. The van der Waals surface area contributed by atoms with Gasteiger partial charge in [0.05, 0.1) is 16.4 Å². The van der Waals surface area contributed by atoms with Crippen LogP contribution in [0.15, 0.2) is 58.4 Å². The summed E-state index contributed by atoms with van der Waals surface area (Å²) >= 11 is 0. The Balaban J connectivity index is 1.99. The molecule has 0 radical (unpaired) electrons. The lowest BCUT2D eigenvalue weighted by atomic mass is 9.98. The van der Waals surface area contributed by atoms with Gasteiger partial charge in [-0.2, -0.15) is 0 Å². The third-order valence-corrected chi connectivity index (χ3v) is 6.61. The minimum absolute atomic E-state index is 0.0264. The molecular formula is C21H26N2O2S.